The van der Waals surface area contributed by atoms with Gasteiger partial charge in [-0.05, 0) is 82.1 Å². The van der Waals surface area contributed by atoms with Crippen LogP contribution in [0.5, 0.6) is 5.75 Å². The number of benzene rings is 2. The molecule has 0 spiro atoms. The van der Waals surface area contributed by atoms with Crippen LogP contribution in [0.15, 0.2) is 60.9 Å². The molecule has 3 aromatic rings. The molecule has 0 unspecified atom stereocenters. The van der Waals surface area contributed by atoms with Gasteiger partial charge >= 0.3 is 6.03 Å². The number of anilines is 5. The molecule has 32 heteroatoms. The summed E-state index contributed by atoms with van der Waals surface area (Å²) < 4.78 is 85.1. The van der Waals surface area contributed by atoms with Crippen LogP contribution in [0.1, 0.15) is 57.8 Å². The molecule has 0 radical (unpaired) electrons. The highest BCUT2D eigenvalue weighted by Crippen LogP contribution is 2.34. The number of methoxy groups -OCH3 is 1. The smallest absolute Gasteiger partial charge is 0.315 e. The number of halogens is 2. The lowest BCUT2D eigenvalue weighted by molar-refractivity contribution is -0.123. The molecule has 2 saturated heterocycles. The second-order valence-corrected chi connectivity index (χ2v) is 24.0. The molecule has 2 aliphatic rings. The average Bonchev–Trinajstić information content (AvgIpc) is 1.65. The molecule has 2 fully saturated rings. The molecule has 29 nitrogen and oxygen atoms in total. The number of thioether (sulfide) groups is 1. The number of aromatic nitrogens is 2. The van der Waals surface area contributed by atoms with Crippen molar-refractivity contribution >= 4 is 81.7 Å². The van der Waals surface area contributed by atoms with Crippen LogP contribution in [-0.2, 0) is 76.0 Å². The topological polar surface area (TPSA) is 331 Å². The third-order valence-electron chi connectivity index (χ3n) is 14.5. The summed E-state index contributed by atoms with van der Waals surface area (Å²) in [6, 6.07) is 11.4. The lowest BCUT2D eigenvalue weighted by Gasteiger charge is -2.16. The van der Waals surface area contributed by atoms with Crippen molar-refractivity contribution in [3.05, 3.63) is 71.8 Å². The first kappa shape index (κ1) is 82.5. The summed E-state index contributed by atoms with van der Waals surface area (Å²) in [5.41, 5.74) is 1.63. The van der Waals surface area contributed by atoms with Crippen molar-refractivity contribution in [3.8, 4) is 5.75 Å². The van der Waals surface area contributed by atoms with Crippen LogP contribution < -0.4 is 47.3 Å². The van der Waals surface area contributed by atoms with Gasteiger partial charge in [-0.15, -0.1) is 0 Å². The molecule has 6 amide bonds. The Labute approximate surface area is 584 Å². The zero-order valence-electron chi connectivity index (χ0n) is 56.7. The number of ether oxygens (including phenoxy) is 13. The van der Waals surface area contributed by atoms with Crippen LogP contribution in [0.25, 0.3) is 0 Å². The number of carbonyl (C=O) groups is 5. The predicted octanol–water partition coefficient (Wildman–Crippen LogP) is 5.37. The van der Waals surface area contributed by atoms with Crippen LogP contribution in [0.3, 0.4) is 0 Å². The van der Waals surface area contributed by atoms with Crippen LogP contribution >= 0.6 is 23.4 Å². The van der Waals surface area contributed by atoms with Crippen LogP contribution in [0.2, 0.25) is 5.02 Å². The number of likely N-dealkylation sites (N-methyl/N-ethyl adjacent to an activating group) is 1. The molecular formula is C66H103ClFN11O18S. The van der Waals surface area contributed by atoms with Crippen LogP contribution in [0, 0.1) is 5.82 Å². The Morgan fingerprint density at radius 1 is 0.592 bits per heavy atom. The predicted molar refractivity (Wildman–Crippen MR) is 369 cm³/mol. The number of amides is 6. The minimum absolute atomic E-state index is 0.0196. The monoisotopic (exact) mass is 1420 g/mol. The Kier molecular flexibility index (Phi) is 45.2. The Hall–Kier alpha value is -6.14. The molecule has 0 bridgehead atoms. The van der Waals surface area contributed by atoms with Gasteiger partial charge in [-0.2, -0.15) is 11.8 Å². The quantitative estimate of drug-likeness (QED) is 0.0152. The van der Waals surface area contributed by atoms with E-state index in [4.69, 9.17) is 73.2 Å². The number of hydrogen-bond acceptors (Lipinski definition) is 24. The highest BCUT2D eigenvalue weighted by Gasteiger charge is 2.42. The molecule has 2 aromatic carbocycles. The van der Waals surface area contributed by atoms with E-state index in [-0.39, 0.29) is 66.4 Å². The summed E-state index contributed by atoms with van der Waals surface area (Å²) in [6.07, 6.45) is 10.5. The van der Waals surface area contributed by atoms with E-state index in [0.717, 1.165) is 44.4 Å². The van der Waals surface area contributed by atoms with Gasteiger partial charge in [0.25, 0.3) is 0 Å². The SMILES string of the molecule is COc1ccc(NC(=O)C=CCN(C)CCCCNC(=O)CCCC(=O)NCCOCCOCCOCCOCCOCCOCCOCCOCCOCOCCOCCOCCNC(=O)CCCC[C@@H]2SC[C@@H]3NC(=O)N[C@@H]32)cc1Nc1cc(Nc2ccc(F)c(Cl)c2)ncn1. The molecule has 0 aliphatic carbocycles. The van der Waals surface area contributed by atoms with E-state index in [1.54, 1.807) is 36.4 Å². The average molecular weight is 1430 g/mol. The molecule has 2 aliphatic heterocycles. The van der Waals surface area contributed by atoms with Crippen molar-refractivity contribution in [2.24, 2.45) is 0 Å². The standard InChI is InChI=1S/C66H103ClFN11O18S/c1-79(22-8-13-64(83)75-52-15-17-57(85-2)55(46-52)76-60-47-59(72-49-73-60)74-51-14-16-54(68)53(67)45-51)21-6-5-18-69-62(81)11-7-12-63(82)71-20-24-87-25-27-88-29-30-89-31-32-90-33-34-91-35-36-92-37-38-93-39-40-95-42-44-97-50-96-43-41-94-28-26-86-23-19-70-61(80)10-4-3-9-58-65-56(48-98-58)77-66(84)78-65/h8,13-17,45-47,49,56,58,65H,3-7,9-12,18-44,48,50H2,1-2H3,(H,69,81)(H,70,80)(H,71,82)(H,75,83)(H2,77,78,84)(H2,72,73,74,76)/t56-,58-,65-/m0/s1. The van der Waals surface area contributed by atoms with Crippen molar-refractivity contribution in [1.29, 1.82) is 0 Å². The summed E-state index contributed by atoms with van der Waals surface area (Å²) in [4.78, 5) is 71.5. The van der Waals surface area contributed by atoms with Crippen molar-refractivity contribution in [2.75, 3.05) is 221 Å². The van der Waals surface area contributed by atoms with E-state index >= 15 is 0 Å². The van der Waals surface area contributed by atoms with E-state index < -0.39 is 5.82 Å². The van der Waals surface area contributed by atoms with Gasteiger partial charge in [-0.25, -0.2) is 19.2 Å². The van der Waals surface area contributed by atoms with Crippen LogP contribution in [-0.4, -0.2) is 267 Å². The molecule has 98 heavy (non-hydrogen) atoms. The summed E-state index contributed by atoms with van der Waals surface area (Å²) in [7, 11) is 3.49. The molecule has 550 valence electrons. The molecule has 1 aromatic heterocycles. The molecule has 3 atom stereocenters. The number of carbonyl (C=O) groups excluding carboxylic acids is 5. The largest absolute Gasteiger partial charge is 0.495 e. The number of fused-ring (bicyclic) bond motifs is 1. The summed E-state index contributed by atoms with van der Waals surface area (Å²) in [6.45, 7) is 12.2. The minimum Gasteiger partial charge on any atom is -0.495 e. The van der Waals surface area contributed by atoms with E-state index in [1.165, 1.54) is 31.6 Å². The Balaban J connectivity index is 0.667. The van der Waals surface area contributed by atoms with Gasteiger partial charge in [0.2, 0.25) is 23.6 Å². The van der Waals surface area contributed by atoms with Gasteiger partial charge in [0.15, 0.2) is 0 Å². The van der Waals surface area contributed by atoms with E-state index in [9.17, 15) is 28.4 Å². The van der Waals surface area contributed by atoms with E-state index in [2.05, 4.69) is 57.4 Å². The van der Waals surface area contributed by atoms with E-state index in [1.807, 2.05) is 18.8 Å². The van der Waals surface area contributed by atoms with Crippen molar-refractivity contribution in [3.63, 3.8) is 0 Å². The van der Waals surface area contributed by atoms with Gasteiger partial charge in [0, 0.05) is 80.0 Å². The molecule has 8 N–H and O–H groups in total. The van der Waals surface area contributed by atoms with Crippen molar-refractivity contribution in [1.82, 2.24) is 41.5 Å². The Morgan fingerprint density at radius 3 is 1.63 bits per heavy atom. The summed E-state index contributed by atoms with van der Waals surface area (Å²) in [5.74, 6) is 1.32. The summed E-state index contributed by atoms with van der Waals surface area (Å²) in [5, 5.41) is 24.1. The minimum atomic E-state index is -0.526. The maximum Gasteiger partial charge on any atom is 0.315 e. The van der Waals surface area contributed by atoms with E-state index in [0.29, 0.717) is 224 Å². The van der Waals surface area contributed by atoms with Crippen LogP contribution in [0.4, 0.5) is 37.9 Å². The number of urea groups is 1. The second-order valence-electron chi connectivity index (χ2n) is 22.3. The number of nitrogens with zero attached hydrogens (tertiary/aromatic N) is 3. The number of unbranched alkanes of at least 4 members (excludes halogenated alkanes) is 2. The fourth-order valence-corrected chi connectivity index (χ4v) is 11.2. The maximum atomic E-state index is 13.6. The zero-order chi connectivity index (χ0) is 69.7. The highest BCUT2D eigenvalue weighted by molar-refractivity contribution is 8.00. The van der Waals surface area contributed by atoms with Gasteiger partial charge in [-0.1, -0.05) is 24.1 Å². The van der Waals surface area contributed by atoms with Gasteiger partial charge in [0.05, 0.1) is 175 Å². The third kappa shape index (κ3) is 39.6. The Bertz CT molecular complexity index is 2730. The number of nitrogens with one attached hydrogen (secondary N) is 8. The molecule has 0 saturated carbocycles. The first-order valence-electron chi connectivity index (χ1n) is 33.5. The second kappa shape index (κ2) is 53.7. The van der Waals surface area contributed by atoms with Crippen molar-refractivity contribution in [2.45, 2.75) is 75.1 Å². The number of hydrogen-bond donors (Lipinski definition) is 8. The first-order chi connectivity index (χ1) is 47.9. The Morgan fingerprint density at radius 2 is 1.09 bits per heavy atom. The lowest BCUT2D eigenvalue weighted by atomic mass is 10.0. The molecule has 5 rings (SSSR count). The van der Waals surface area contributed by atoms with Gasteiger partial charge in [-0.3, -0.25) is 19.2 Å². The fraction of sp³-hybridized carbons (Fsp3) is 0.652. The van der Waals surface area contributed by atoms with Gasteiger partial charge in [0.1, 0.15) is 36.3 Å². The summed E-state index contributed by atoms with van der Waals surface area (Å²) >= 11 is 7.80. The normalized spacial score (nSPS) is 14.9. The molecular weight excluding hydrogens is 1320 g/mol. The zero-order valence-corrected chi connectivity index (χ0v) is 58.3. The van der Waals surface area contributed by atoms with Crippen molar-refractivity contribution < 1.29 is 89.9 Å². The lowest BCUT2D eigenvalue weighted by Crippen LogP contribution is -2.36. The third-order valence-corrected chi connectivity index (χ3v) is 16.3. The fourth-order valence-electron chi connectivity index (χ4n) is 9.44. The highest BCUT2D eigenvalue weighted by atomic mass is 35.5. The number of rotatable bonds is 61. The first-order valence-corrected chi connectivity index (χ1v) is 34.9. The maximum absolute atomic E-state index is 13.6. The molecule has 3 heterocycles. The van der Waals surface area contributed by atoms with Gasteiger partial charge < -0.3 is 109 Å².